The fourth-order valence-electron chi connectivity index (χ4n) is 4.71. The second-order valence-electron chi connectivity index (χ2n) is 9.20. The summed E-state index contributed by atoms with van der Waals surface area (Å²) in [7, 11) is 3.05. The topological polar surface area (TPSA) is 98.6 Å². The molecule has 12 heteroatoms. The van der Waals surface area contributed by atoms with Crippen LogP contribution < -0.4 is 25.0 Å². The van der Waals surface area contributed by atoms with Crippen molar-refractivity contribution in [2.45, 2.75) is 0 Å². The molecule has 0 amide bonds. The lowest BCUT2D eigenvalue weighted by molar-refractivity contribution is 0.122. The number of hydrogen-bond acceptors (Lipinski definition) is 9. The van der Waals surface area contributed by atoms with Crippen LogP contribution in [0.25, 0.3) is 16.9 Å². The Morgan fingerprint density at radius 2 is 1.56 bits per heavy atom. The molecule has 0 radical (unpaired) electrons. The molecule has 2 aromatic heterocycles. The Hall–Kier alpha value is -4.25. The number of anilines is 5. The van der Waals surface area contributed by atoms with Crippen molar-refractivity contribution in [1.82, 2.24) is 19.5 Å². The van der Waals surface area contributed by atoms with E-state index in [1.54, 1.807) is 6.07 Å². The van der Waals surface area contributed by atoms with Gasteiger partial charge in [-0.2, -0.15) is 0 Å². The van der Waals surface area contributed by atoms with Gasteiger partial charge in [0.25, 0.3) is 0 Å². The number of hydrogen-bond donors (Lipinski definition) is 2. The van der Waals surface area contributed by atoms with Gasteiger partial charge >= 0.3 is 0 Å². The molecule has 3 heterocycles. The molecule has 1 saturated heterocycles. The van der Waals surface area contributed by atoms with Gasteiger partial charge in [-0.3, -0.25) is 4.57 Å². The highest BCUT2D eigenvalue weighted by atomic mass is 35.5. The van der Waals surface area contributed by atoms with Gasteiger partial charge in [0, 0.05) is 36.6 Å². The van der Waals surface area contributed by atoms with Gasteiger partial charge in [0.1, 0.15) is 39.5 Å². The summed E-state index contributed by atoms with van der Waals surface area (Å²) in [6, 6.07) is 19.5. The van der Waals surface area contributed by atoms with Crippen molar-refractivity contribution in [3.63, 3.8) is 0 Å². The zero-order chi connectivity index (χ0) is 28.3. The van der Waals surface area contributed by atoms with Crippen LogP contribution in [0.1, 0.15) is 0 Å². The fourth-order valence-corrected chi connectivity index (χ4v) is 5.31. The number of nitrogens with zero attached hydrogens (tertiary/aromatic N) is 5. The summed E-state index contributed by atoms with van der Waals surface area (Å²) in [6.45, 7) is 3.26. The molecule has 0 spiro atoms. The number of methoxy groups -OCH3 is 2. The van der Waals surface area contributed by atoms with Crippen LogP contribution in [0.15, 0.2) is 67.0 Å². The highest BCUT2D eigenvalue weighted by Crippen LogP contribution is 2.45. The van der Waals surface area contributed by atoms with E-state index < -0.39 is 0 Å². The first-order valence-corrected chi connectivity index (χ1v) is 13.7. The molecule has 0 unspecified atom stereocenters. The molecule has 1 aliphatic rings. The molecule has 3 aromatic carbocycles. The van der Waals surface area contributed by atoms with Crippen molar-refractivity contribution in [2.24, 2.45) is 0 Å². The molecule has 1 fully saturated rings. The summed E-state index contributed by atoms with van der Waals surface area (Å²) < 4.78 is 18.2. The number of imidazole rings is 1. The normalized spacial score (nSPS) is 13.3. The van der Waals surface area contributed by atoms with E-state index in [9.17, 15) is 0 Å². The van der Waals surface area contributed by atoms with Gasteiger partial charge in [-0.25, -0.2) is 15.0 Å². The largest absolute Gasteiger partial charge is 0.495 e. The molecule has 5 aromatic rings. The lowest BCUT2D eigenvalue weighted by atomic mass is 10.2. The Morgan fingerprint density at radius 1 is 0.854 bits per heavy atom. The van der Waals surface area contributed by atoms with Gasteiger partial charge < -0.3 is 29.7 Å². The van der Waals surface area contributed by atoms with Crippen molar-refractivity contribution in [3.05, 3.63) is 77.0 Å². The number of rotatable bonds is 8. The quantitative estimate of drug-likeness (QED) is 0.210. The molecule has 0 atom stereocenters. The number of halogens is 2. The van der Waals surface area contributed by atoms with Crippen LogP contribution in [0.2, 0.25) is 10.0 Å². The van der Waals surface area contributed by atoms with E-state index in [0.717, 1.165) is 48.7 Å². The van der Waals surface area contributed by atoms with Gasteiger partial charge in [-0.1, -0.05) is 35.3 Å². The van der Waals surface area contributed by atoms with Crippen molar-refractivity contribution in [2.75, 3.05) is 56.1 Å². The predicted molar refractivity (Wildman–Crippen MR) is 162 cm³/mol. The Kier molecular flexibility index (Phi) is 7.69. The summed E-state index contributed by atoms with van der Waals surface area (Å²) in [4.78, 5) is 16.1. The van der Waals surface area contributed by atoms with E-state index in [-0.39, 0.29) is 0 Å². The Balaban J connectivity index is 1.35. The lowest BCUT2D eigenvalue weighted by Gasteiger charge is -2.28. The minimum absolute atomic E-state index is 0.294. The first-order chi connectivity index (χ1) is 20.1. The molecule has 0 bridgehead atoms. The van der Waals surface area contributed by atoms with E-state index in [1.165, 1.54) is 20.5 Å². The molecule has 0 saturated carbocycles. The summed E-state index contributed by atoms with van der Waals surface area (Å²) in [6.07, 6.45) is 1.51. The lowest BCUT2D eigenvalue weighted by Crippen LogP contribution is -2.36. The SMILES string of the molecule is COc1cc(OC)c(Cl)c(Nc2nc3ccccc3n2-c2cc(Nc3ccc(N4CCOCC4)cc3)ncn2)c1Cl. The molecule has 41 heavy (non-hydrogen) atoms. The maximum atomic E-state index is 6.66. The van der Waals surface area contributed by atoms with Gasteiger partial charge in [0.15, 0.2) is 0 Å². The second-order valence-corrected chi connectivity index (χ2v) is 9.96. The van der Waals surface area contributed by atoms with E-state index in [4.69, 9.17) is 42.4 Å². The number of nitrogens with one attached hydrogen (secondary N) is 2. The summed E-state index contributed by atoms with van der Waals surface area (Å²) >= 11 is 13.3. The van der Waals surface area contributed by atoms with Crippen LogP contribution in [-0.4, -0.2) is 60.0 Å². The highest BCUT2D eigenvalue weighted by molar-refractivity contribution is 6.41. The van der Waals surface area contributed by atoms with Gasteiger partial charge in [0.2, 0.25) is 5.95 Å². The third-order valence-corrected chi connectivity index (χ3v) is 7.52. The standard InChI is InChI=1S/C29H27Cl2N7O3/c1-39-22-15-23(40-2)27(31)28(26(22)30)36-29-35-20-5-3-4-6-21(20)38(29)25-16-24(32-17-33-25)34-18-7-9-19(10-8-18)37-11-13-41-14-12-37/h3-10,15-17H,11-14H2,1-2H3,(H,35,36)(H,32,33,34). The number of benzene rings is 3. The highest BCUT2D eigenvalue weighted by Gasteiger charge is 2.21. The predicted octanol–water partition coefficient (Wildman–Crippen LogP) is 6.46. The van der Waals surface area contributed by atoms with Crippen molar-refractivity contribution < 1.29 is 14.2 Å². The van der Waals surface area contributed by atoms with Crippen LogP contribution in [-0.2, 0) is 4.74 Å². The fraction of sp³-hybridized carbons (Fsp3) is 0.207. The summed E-state index contributed by atoms with van der Waals surface area (Å²) in [5.74, 6) is 2.48. The van der Waals surface area contributed by atoms with Crippen LogP contribution >= 0.6 is 23.2 Å². The first kappa shape index (κ1) is 26.9. The number of fused-ring (bicyclic) bond motifs is 1. The third-order valence-electron chi connectivity index (χ3n) is 6.77. The van der Waals surface area contributed by atoms with Crippen LogP contribution in [0.3, 0.4) is 0 Å². The maximum absolute atomic E-state index is 6.66. The molecular weight excluding hydrogens is 565 g/mol. The van der Waals surface area contributed by atoms with Gasteiger partial charge in [-0.15, -0.1) is 0 Å². The minimum Gasteiger partial charge on any atom is -0.495 e. The first-order valence-electron chi connectivity index (χ1n) is 12.9. The Bertz CT molecular complexity index is 1660. The summed E-state index contributed by atoms with van der Waals surface area (Å²) in [5.41, 5.74) is 4.05. The van der Waals surface area contributed by atoms with Crippen molar-refractivity contribution >= 4 is 63.1 Å². The van der Waals surface area contributed by atoms with Gasteiger partial charge in [-0.05, 0) is 36.4 Å². The molecule has 1 aliphatic heterocycles. The molecular formula is C29H27Cl2N7O3. The van der Waals surface area contributed by atoms with Crippen LogP contribution in [0.5, 0.6) is 11.5 Å². The molecule has 0 aliphatic carbocycles. The van der Waals surface area contributed by atoms with Gasteiger partial charge in [0.05, 0.1) is 44.2 Å². The number of morpholine rings is 1. The molecule has 10 nitrogen and oxygen atoms in total. The van der Waals surface area contributed by atoms with Crippen LogP contribution in [0, 0.1) is 0 Å². The van der Waals surface area contributed by atoms with E-state index in [1.807, 2.05) is 47.0 Å². The molecule has 2 N–H and O–H groups in total. The zero-order valence-corrected chi connectivity index (χ0v) is 23.9. The average Bonchev–Trinajstić information content (AvgIpc) is 3.38. The van der Waals surface area contributed by atoms with E-state index >= 15 is 0 Å². The average molecular weight is 592 g/mol. The smallest absolute Gasteiger partial charge is 0.214 e. The number of para-hydroxylation sites is 2. The monoisotopic (exact) mass is 591 g/mol. The maximum Gasteiger partial charge on any atom is 0.214 e. The van der Waals surface area contributed by atoms with Crippen LogP contribution in [0.4, 0.5) is 28.8 Å². The Labute approximate surface area is 246 Å². The second kappa shape index (κ2) is 11.7. The molecule has 210 valence electrons. The number of ether oxygens (including phenoxy) is 3. The van der Waals surface area contributed by atoms with Crippen molar-refractivity contribution in [3.8, 4) is 17.3 Å². The van der Waals surface area contributed by atoms with E-state index in [0.29, 0.717) is 44.8 Å². The number of aromatic nitrogens is 4. The Morgan fingerprint density at radius 3 is 2.27 bits per heavy atom. The van der Waals surface area contributed by atoms with Crippen molar-refractivity contribution in [1.29, 1.82) is 0 Å². The van der Waals surface area contributed by atoms with E-state index in [2.05, 4.69) is 37.6 Å². The summed E-state index contributed by atoms with van der Waals surface area (Å²) in [5, 5.41) is 7.25. The minimum atomic E-state index is 0.294. The third kappa shape index (κ3) is 5.41. The molecule has 6 rings (SSSR count). The zero-order valence-electron chi connectivity index (χ0n) is 22.4.